The smallest absolute Gasteiger partial charge is 0.268 e. The van der Waals surface area contributed by atoms with Crippen LogP contribution in [-0.2, 0) is 9.59 Å². The molecule has 148 valence electrons. The van der Waals surface area contributed by atoms with Gasteiger partial charge in [-0.2, -0.15) is 0 Å². The van der Waals surface area contributed by atoms with Crippen molar-refractivity contribution in [3.05, 3.63) is 46.2 Å². The van der Waals surface area contributed by atoms with Gasteiger partial charge in [0.2, 0.25) is 11.7 Å². The lowest BCUT2D eigenvalue weighted by atomic mass is 10.0. The summed E-state index contributed by atoms with van der Waals surface area (Å²) < 4.78 is 5.80. The minimum atomic E-state index is -0.636. The SMILES string of the molecule is CC[C@@H](C)NC(=O)CN1C(=O)[C@H](CC)Oc2ccc(C(=O)c3cccs3)cc21. The molecule has 28 heavy (non-hydrogen) atoms. The summed E-state index contributed by atoms with van der Waals surface area (Å²) in [7, 11) is 0. The number of carbonyl (C=O) groups excluding carboxylic acids is 3. The average Bonchev–Trinajstić information content (AvgIpc) is 3.23. The van der Waals surface area contributed by atoms with Crippen LogP contribution in [0.3, 0.4) is 0 Å². The Morgan fingerprint density at radius 1 is 1.29 bits per heavy atom. The van der Waals surface area contributed by atoms with Gasteiger partial charge in [0.05, 0.1) is 10.6 Å². The Labute approximate surface area is 168 Å². The van der Waals surface area contributed by atoms with Crippen LogP contribution in [-0.4, -0.2) is 36.3 Å². The molecule has 7 heteroatoms. The van der Waals surface area contributed by atoms with Crippen molar-refractivity contribution < 1.29 is 19.1 Å². The first kappa shape index (κ1) is 20.1. The first-order valence-electron chi connectivity index (χ1n) is 9.44. The number of ketones is 1. The molecule has 2 heterocycles. The molecule has 0 bridgehead atoms. The highest BCUT2D eigenvalue weighted by molar-refractivity contribution is 7.12. The number of nitrogens with zero attached hydrogens (tertiary/aromatic N) is 1. The van der Waals surface area contributed by atoms with E-state index in [1.54, 1.807) is 24.3 Å². The van der Waals surface area contributed by atoms with E-state index in [-0.39, 0.29) is 30.2 Å². The average molecular weight is 401 g/mol. The Kier molecular flexibility index (Phi) is 6.14. The zero-order valence-electron chi connectivity index (χ0n) is 16.2. The molecule has 3 rings (SSSR count). The second kappa shape index (κ2) is 8.56. The molecule has 2 aromatic rings. The molecule has 0 radical (unpaired) electrons. The number of hydrogen-bond acceptors (Lipinski definition) is 5. The third-order valence-corrected chi connectivity index (χ3v) is 5.63. The molecule has 0 unspecified atom stereocenters. The molecule has 0 aliphatic carbocycles. The second-order valence-electron chi connectivity index (χ2n) is 6.80. The van der Waals surface area contributed by atoms with Crippen LogP contribution in [0.15, 0.2) is 35.7 Å². The lowest BCUT2D eigenvalue weighted by Gasteiger charge is -2.34. The lowest BCUT2D eigenvalue weighted by Crippen LogP contribution is -2.50. The quantitative estimate of drug-likeness (QED) is 0.723. The highest BCUT2D eigenvalue weighted by Crippen LogP contribution is 2.36. The van der Waals surface area contributed by atoms with Crippen LogP contribution < -0.4 is 15.0 Å². The van der Waals surface area contributed by atoms with Crippen molar-refractivity contribution in [3.8, 4) is 5.75 Å². The number of rotatable bonds is 7. The topological polar surface area (TPSA) is 75.7 Å². The predicted octanol–water partition coefficient (Wildman–Crippen LogP) is 3.40. The molecule has 1 aromatic carbocycles. The Hall–Kier alpha value is -2.67. The van der Waals surface area contributed by atoms with Crippen LogP contribution in [0.25, 0.3) is 0 Å². The number of benzene rings is 1. The van der Waals surface area contributed by atoms with E-state index in [0.717, 1.165) is 6.42 Å². The van der Waals surface area contributed by atoms with Crippen molar-refractivity contribution in [1.29, 1.82) is 0 Å². The van der Waals surface area contributed by atoms with E-state index >= 15 is 0 Å². The zero-order valence-corrected chi connectivity index (χ0v) is 17.0. The molecule has 0 fully saturated rings. The van der Waals surface area contributed by atoms with Crippen molar-refractivity contribution >= 4 is 34.6 Å². The maximum atomic E-state index is 12.9. The minimum absolute atomic E-state index is 0.0248. The predicted molar refractivity (Wildman–Crippen MR) is 109 cm³/mol. The number of amides is 2. The van der Waals surface area contributed by atoms with Crippen LogP contribution in [0.2, 0.25) is 0 Å². The van der Waals surface area contributed by atoms with Gasteiger partial charge in [0.15, 0.2) is 6.10 Å². The standard InChI is InChI=1S/C21H24N2O4S/c1-4-13(3)22-19(24)12-23-15-11-14(20(25)18-7-6-10-28-18)8-9-17(15)27-16(5-2)21(23)26/h6-11,13,16H,4-5,12H2,1-3H3,(H,22,24)/t13-,16+/m1/s1. The molecule has 1 aliphatic heterocycles. The molecule has 0 spiro atoms. The molecule has 2 atom stereocenters. The van der Waals surface area contributed by atoms with Crippen molar-refractivity contribution in [2.45, 2.75) is 45.8 Å². The van der Waals surface area contributed by atoms with E-state index in [2.05, 4.69) is 5.32 Å². The number of anilines is 1. The Morgan fingerprint density at radius 3 is 2.71 bits per heavy atom. The second-order valence-corrected chi connectivity index (χ2v) is 7.75. The Bertz CT molecular complexity index is 879. The number of nitrogens with one attached hydrogen (secondary N) is 1. The van der Waals surface area contributed by atoms with Gasteiger partial charge >= 0.3 is 0 Å². The van der Waals surface area contributed by atoms with Gasteiger partial charge < -0.3 is 10.1 Å². The summed E-state index contributed by atoms with van der Waals surface area (Å²) in [6, 6.07) is 8.64. The third-order valence-electron chi connectivity index (χ3n) is 4.76. The summed E-state index contributed by atoms with van der Waals surface area (Å²) in [5.41, 5.74) is 0.913. The van der Waals surface area contributed by atoms with Crippen molar-refractivity contribution in [2.75, 3.05) is 11.4 Å². The molecule has 1 aromatic heterocycles. The molecule has 0 saturated heterocycles. The zero-order chi connectivity index (χ0) is 20.3. The summed E-state index contributed by atoms with van der Waals surface area (Å²) in [4.78, 5) is 40.0. The normalized spacial score (nSPS) is 16.9. The summed E-state index contributed by atoms with van der Waals surface area (Å²) in [6.45, 7) is 5.65. The first-order valence-corrected chi connectivity index (χ1v) is 10.3. The van der Waals surface area contributed by atoms with Gasteiger partial charge in [-0.15, -0.1) is 11.3 Å². The summed E-state index contributed by atoms with van der Waals surface area (Å²) in [6.07, 6.45) is 0.663. The van der Waals surface area contributed by atoms with E-state index in [4.69, 9.17) is 4.74 Å². The minimum Gasteiger partial charge on any atom is -0.478 e. The van der Waals surface area contributed by atoms with Gasteiger partial charge in [-0.25, -0.2) is 0 Å². The maximum absolute atomic E-state index is 12.9. The maximum Gasteiger partial charge on any atom is 0.268 e. The van der Waals surface area contributed by atoms with E-state index in [1.807, 2.05) is 32.2 Å². The number of hydrogen-bond donors (Lipinski definition) is 1. The fourth-order valence-electron chi connectivity index (χ4n) is 3.00. The van der Waals surface area contributed by atoms with Crippen molar-refractivity contribution in [2.24, 2.45) is 0 Å². The summed E-state index contributed by atoms with van der Waals surface area (Å²) in [5, 5.41) is 4.72. The van der Waals surface area contributed by atoms with Gasteiger partial charge in [0, 0.05) is 11.6 Å². The van der Waals surface area contributed by atoms with Crippen LogP contribution in [0.5, 0.6) is 5.75 Å². The molecule has 2 amide bonds. The number of thiophene rings is 1. The first-order chi connectivity index (χ1) is 13.4. The monoisotopic (exact) mass is 400 g/mol. The molecule has 1 aliphatic rings. The molecule has 1 N–H and O–H groups in total. The van der Waals surface area contributed by atoms with E-state index in [1.165, 1.54) is 16.2 Å². The number of carbonyl (C=O) groups is 3. The molecule has 6 nitrogen and oxygen atoms in total. The highest BCUT2D eigenvalue weighted by atomic mass is 32.1. The summed E-state index contributed by atoms with van der Waals surface area (Å²) in [5.74, 6) is -0.118. The fraction of sp³-hybridized carbons (Fsp3) is 0.381. The molecule has 0 saturated carbocycles. The molecular formula is C21H24N2O4S. The summed E-state index contributed by atoms with van der Waals surface area (Å²) >= 11 is 1.36. The Balaban J connectivity index is 1.93. The van der Waals surface area contributed by atoms with Crippen LogP contribution >= 0.6 is 11.3 Å². The Morgan fingerprint density at radius 2 is 2.07 bits per heavy atom. The number of fused-ring (bicyclic) bond motifs is 1. The van der Waals surface area contributed by atoms with Crippen molar-refractivity contribution in [1.82, 2.24) is 5.32 Å². The largest absolute Gasteiger partial charge is 0.478 e. The lowest BCUT2D eigenvalue weighted by molar-refractivity contribution is -0.129. The van der Waals surface area contributed by atoms with Crippen molar-refractivity contribution in [3.63, 3.8) is 0 Å². The highest BCUT2D eigenvalue weighted by Gasteiger charge is 2.35. The van der Waals surface area contributed by atoms with Gasteiger partial charge in [0.1, 0.15) is 12.3 Å². The van der Waals surface area contributed by atoms with Gasteiger partial charge in [-0.1, -0.05) is 19.9 Å². The van der Waals surface area contributed by atoms with Crippen LogP contribution in [0.1, 0.15) is 48.8 Å². The van der Waals surface area contributed by atoms with Gasteiger partial charge in [-0.3, -0.25) is 19.3 Å². The van der Waals surface area contributed by atoms with E-state index < -0.39 is 6.10 Å². The molecular weight excluding hydrogens is 376 g/mol. The van der Waals surface area contributed by atoms with E-state index in [0.29, 0.717) is 28.3 Å². The van der Waals surface area contributed by atoms with Gasteiger partial charge in [-0.05, 0) is 49.4 Å². The fourth-order valence-corrected chi connectivity index (χ4v) is 3.69. The van der Waals surface area contributed by atoms with Crippen LogP contribution in [0, 0.1) is 0 Å². The number of ether oxygens (including phenoxy) is 1. The van der Waals surface area contributed by atoms with E-state index in [9.17, 15) is 14.4 Å². The van der Waals surface area contributed by atoms with Gasteiger partial charge in [0.25, 0.3) is 5.91 Å². The third kappa shape index (κ3) is 4.09. The van der Waals surface area contributed by atoms with Crippen LogP contribution in [0.4, 0.5) is 5.69 Å².